The van der Waals surface area contributed by atoms with Crippen LogP contribution in [0.2, 0.25) is 0 Å². The zero-order valence-electron chi connectivity index (χ0n) is 11.9. The predicted molar refractivity (Wildman–Crippen MR) is 85.7 cm³/mol. The Morgan fingerprint density at radius 1 is 1.00 bits per heavy atom. The van der Waals surface area contributed by atoms with Crippen LogP contribution >= 0.6 is 0 Å². The molecule has 0 N–H and O–H groups in total. The monoisotopic (exact) mass is 328 g/mol. The van der Waals surface area contributed by atoms with Crippen LogP contribution in [0.15, 0.2) is 65.6 Å². The van der Waals surface area contributed by atoms with Crippen molar-refractivity contribution in [1.82, 2.24) is 4.98 Å². The van der Waals surface area contributed by atoms with Gasteiger partial charge in [0, 0.05) is 5.39 Å². The molecule has 0 radical (unpaired) electrons. The fourth-order valence-corrected chi connectivity index (χ4v) is 3.93. The molecule has 0 unspecified atom stereocenters. The average Bonchev–Trinajstić information content (AvgIpc) is 2.54. The number of rotatable bonds is 4. The number of hydrogen-bond donors (Lipinski definition) is 0. The van der Waals surface area contributed by atoms with Crippen molar-refractivity contribution in [3.8, 4) is 0 Å². The normalized spacial score (nSPS) is 11.5. The Kier molecular flexibility index (Phi) is 3.79. The summed E-state index contributed by atoms with van der Waals surface area (Å²) in [6.45, 7) is 0. The first-order valence-electron chi connectivity index (χ1n) is 6.78. The second-order valence-electron chi connectivity index (χ2n) is 5.00. The molecule has 1 heterocycles. The van der Waals surface area contributed by atoms with Gasteiger partial charge in [0.25, 0.3) is 0 Å². The average molecular weight is 328 g/mol. The number of fused-ring (bicyclic) bond motifs is 1. The molecule has 7 heteroatoms. The summed E-state index contributed by atoms with van der Waals surface area (Å²) in [5.74, 6) is -0.700. The van der Waals surface area contributed by atoms with Gasteiger partial charge in [-0.05, 0) is 27.6 Å². The van der Waals surface area contributed by atoms with Crippen LogP contribution in [0.1, 0.15) is 5.56 Å². The van der Waals surface area contributed by atoms with E-state index >= 15 is 0 Å². The van der Waals surface area contributed by atoms with Crippen molar-refractivity contribution in [2.45, 2.75) is 10.6 Å². The Morgan fingerprint density at radius 2 is 1.65 bits per heavy atom. The van der Waals surface area contributed by atoms with Crippen molar-refractivity contribution >= 4 is 26.6 Å². The first-order valence-corrected chi connectivity index (χ1v) is 8.43. The van der Waals surface area contributed by atoms with Gasteiger partial charge in [0.05, 0.1) is 16.7 Å². The van der Waals surface area contributed by atoms with Gasteiger partial charge < -0.3 is 10.1 Å². The van der Waals surface area contributed by atoms with Gasteiger partial charge in [0.1, 0.15) is 0 Å². The van der Waals surface area contributed by atoms with Crippen molar-refractivity contribution in [2.24, 2.45) is 0 Å². The summed E-state index contributed by atoms with van der Waals surface area (Å²) in [6.07, 6.45) is 0. The summed E-state index contributed by atoms with van der Waals surface area (Å²) in [6, 6.07) is 16.2. The highest BCUT2D eigenvalue weighted by molar-refractivity contribution is 7.90. The lowest BCUT2D eigenvalue weighted by Crippen LogP contribution is -2.07. The Balaban J connectivity index is 2.19. The van der Waals surface area contributed by atoms with Crippen LogP contribution in [0, 0.1) is 10.1 Å². The van der Waals surface area contributed by atoms with E-state index in [0.717, 1.165) is 6.07 Å². The highest BCUT2D eigenvalue weighted by atomic mass is 32.2. The predicted octanol–water partition coefficient (Wildman–Crippen LogP) is 3.12. The van der Waals surface area contributed by atoms with Crippen LogP contribution < -0.4 is 0 Å². The van der Waals surface area contributed by atoms with Gasteiger partial charge in [-0.3, -0.25) is 0 Å². The number of pyridine rings is 1. The molecule has 0 bridgehead atoms. The van der Waals surface area contributed by atoms with Crippen LogP contribution in [0.25, 0.3) is 10.9 Å². The second kappa shape index (κ2) is 5.77. The first-order chi connectivity index (χ1) is 11.0. The highest BCUT2D eigenvalue weighted by Gasteiger charge is 2.24. The summed E-state index contributed by atoms with van der Waals surface area (Å²) >= 11 is 0. The molecule has 3 aromatic rings. The molecule has 0 atom stereocenters. The Labute approximate surface area is 132 Å². The number of para-hydroxylation sites is 1. The second-order valence-corrected chi connectivity index (χ2v) is 6.96. The lowest BCUT2D eigenvalue weighted by atomic mass is 10.2. The lowest BCUT2D eigenvalue weighted by molar-refractivity contribution is -0.389. The summed E-state index contributed by atoms with van der Waals surface area (Å²) in [4.78, 5) is 14.2. The fourth-order valence-electron chi connectivity index (χ4n) is 2.35. The lowest BCUT2D eigenvalue weighted by Gasteiger charge is -2.07. The number of nitrogens with zero attached hydrogens (tertiary/aromatic N) is 2. The van der Waals surface area contributed by atoms with Gasteiger partial charge in [-0.1, -0.05) is 42.5 Å². The van der Waals surface area contributed by atoms with E-state index in [0.29, 0.717) is 10.9 Å². The molecular weight excluding hydrogens is 316 g/mol. The van der Waals surface area contributed by atoms with E-state index < -0.39 is 20.6 Å². The summed E-state index contributed by atoms with van der Waals surface area (Å²) in [7, 11) is -3.74. The van der Waals surface area contributed by atoms with E-state index in [4.69, 9.17) is 0 Å². The van der Waals surface area contributed by atoms with Crippen LogP contribution in [0.5, 0.6) is 0 Å². The zero-order valence-corrected chi connectivity index (χ0v) is 12.7. The van der Waals surface area contributed by atoms with Gasteiger partial charge in [-0.15, -0.1) is 0 Å². The van der Waals surface area contributed by atoms with E-state index in [2.05, 4.69) is 4.98 Å². The third-order valence-corrected chi connectivity index (χ3v) is 5.11. The van der Waals surface area contributed by atoms with Gasteiger partial charge >= 0.3 is 5.82 Å². The molecule has 0 fully saturated rings. The molecule has 0 aliphatic heterocycles. The van der Waals surface area contributed by atoms with E-state index in [1.807, 2.05) is 0 Å². The molecule has 116 valence electrons. The van der Waals surface area contributed by atoms with Crippen molar-refractivity contribution in [3.63, 3.8) is 0 Å². The molecular formula is C16H12N2O4S. The molecule has 1 aromatic heterocycles. The summed E-state index contributed by atoms with van der Waals surface area (Å²) in [5.41, 5.74) is 0.907. The summed E-state index contributed by atoms with van der Waals surface area (Å²) < 4.78 is 25.5. The molecule has 0 spiro atoms. The minimum atomic E-state index is -3.74. The molecule has 0 saturated carbocycles. The molecule has 0 aliphatic rings. The molecule has 0 saturated heterocycles. The largest absolute Gasteiger partial charge is 0.365 e. The van der Waals surface area contributed by atoms with E-state index in [-0.39, 0.29) is 16.2 Å². The Hall–Kier alpha value is -2.80. The van der Waals surface area contributed by atoms with Gasteiger partial charge in [-0.2, -0.15) is 0 Å². The first kappa shape index (κ1) is 15.1. The Bertz CT molecular complexity index is 985. The minimum Gasteiger partial charge on any atom is -0.358 e. The molecule has 3 rings (SSSR count). The van der Waals surface area contributed by atoms with Crippen LogP contribution in [-0.4, -0.2) is 18.3 Å². The van der Waals surface area contributed by atoms with Gasteiger partial charge in [-0.25, -0.2) is 8.42 Å². The van der Waals surface area contributed by atoms with Crippen LogP contribution in [-0.2, 0) is 15.6 Å². The van der Waals surface area contributed by atoms with Crippen LogP contribution in [0.4, 0.5) is 5.82 Å². The molecule has 0 aliphatic carbocycles. The van der Waals surface area contributed by atoms with E-state index in [1.165, 1.54) is 0 Å². The smallest absolute Gasteiger partial charge is 0.358 e. The topological polar surface area (TPSA) is 90.2 Å². The van der Waals surface area contributed by atoms with E-state index in [1.54, 1.807) is 54.6 Å². The zero-order chi connectivity index (χ0) is 16.4. The Morgan fingerprint density at radius 3 is 2.35 bits per heavy atom. The maximum atomic E-state index is 12.7. The quantitative estimate of drug-likeness (QED) is 0.542. The molecule has 2 aromatic carbocycles. The number of hydrogen-bond acceptors (Lipinski definition) is 5. The molecule has 0 amide bonds. The third-order valence-electron chi connectivity index (χ3n) is 3.39. The summed E-state index contributed by atoms with van der Waals surface area (Å²) in [5, 5.41) is 11.4. The van der Waals surface area contributed by atoms with Gasteiger partial charge in [0.2, 0.25) is 0 Å². The third kappa shape index (κ3) is 3.04. The molecule has 23 heavy (non-hydrogen) atoms. The highest BCUT2D eigenvalue weighted by Crippen LogP contribution is 2.28. The van der Waals surface area contributed by atoms with Crippen LogP contribution in [0.3, 0.4) is 0 Å². The number of nitro groups is 1. The standard InChI is InChI=1S/C16H12N2O4S/c19-18(20)16-10-15(13-8-4-5-9-14(13)17-16)23(21,22)11-12-6-2-1-3-7-12/h1-10H,11H2. The SMILES string of the molecule is O=[N+]([O-])c1cc(S(=O)(=O)Cc2ccccc2)c2ccccc2n1. The van der Waals surface area contributed by atoms with Crippen molar-refractivity contribution in [2.75, 3.05) is 0 Å². The van der Waals surface area contributed by atoms with Gasteiger partial charge in [0.15, 0.2) is 15.4 Å². The minimum absolute atomic E-state index is 0.0707. The van der Waals surface area contributed by atoms with Crippen molar-refractivity contribution in [3.05, 3.63) is 76.3 Å². The number of sulfone groups is 1. The fraction of sp³-hybridized carbons (Fsp3) is 0.0625. The number of benzene rings is 2. The number of aromatic nitrogens is 1. The molecule has 6 nitrogen and oxygen atoms in total. The van der Waals surface area contributed by atoms with Crippen molar-refractivity contribution < 1.29 is 13.3 Å². The maximum Gasteiger partial charge on any atom is 0.365 e. The van der Waals surface area contributed by atoms with E-state index in [9.17, 15) is 18.5 Å². The maximum absolute atomic E-state index is 12.7. The van der Waals surface area contributed by atoms with Crippen molar-refractivity contribution in [1.29, 1.82) is 0 Å².